The molecular weight excluding hydrogens is 473 g/mol. The van der Waals surface area contributed by atoms with Crippen LogP contribution in [-0.2, 0) is 6.18 Å². The summed E-state index contributed by atoms with van der Waals surface area (Å²) in [4.78, 5) is 13.0. The van der Waals surface area contributed by atoms with Gasteiger partial charge in [0.1, 0.15) is 0 Å². The molecule has 35 heavy (non-hydrogen) atoms. The van der Waals surface area contributed by atoms with Crippen LogP contribution in [0.3, 0.4) is 0 Å². The Morgan fingerprint density at radius 1 is 0.971 bits per heavy atom. The van der Waals surface area contributed by atoms with Gasteiger partial charge in [-0.05, 0) is 90.5 Å². The van der Waals surface area contributed by atoms with Gasteiger partial charge < -0.3 is 10.6 Å². The Bertz CT molecular complexity index is 1290. The second-order valence-electron chi connectivity index (χ2n) is 9.92. The maximum absolute atomic E-state index is 13.2. The molecule has 0 saturated heterocycles. The van der Waals surface area contributed by atoms with Crippen molar-refractivity contribution < 1.29 is 18.0 Å². The summed E-state index contributed by atoms with van der Waals surface area (Å²) < 4.78 is 39.7. The first-order valence-corrected chi connectivity index (χ1v) is 12.3. The summed E-state index contributed by atoms with van der Waals surface area (Å²) in [5.74, 6) is 1.65. The van der Waals surface area contributed by atoms with E-state index in [0.717, 1.165) is 23.4 Å². The highest BCUT2D eigenvalue weighted by Gasteiger charge is 2.53. The van der Waals surface area contributed by atoms with Crippen molar-refractivity contribution in [3.8, 4) is 0 Å². The molecule has 2 N–H and O–H groups in total. The van der Waals surface area contributed by atoms with Crippen molar-refractivity contribution in [2.24, 2.45) is 17.8 Å². The molecule has 0 radical (unpaired) electrons. The Labute approximate surface area is 206 Å². The zero-order chi connectivity index (χ0) is 24.3. The van der Waals surface area contributed by atoms with Crippen LogP contribution in [0.4, 0.5) is 24.5 Å². The van der Waals surface area contributed by atoms with E-state index in [4.69, 9.17) is 11.6 Å². The van der Waals surface area contributed by atoms with Crippen molar-refractivity contribution in [2.45, 2.75) is 37.4 Å². The number of carbonyl (C=O) groups excluding carboxylic acids is 1. The van der Waals surface area contributed by atoms with Gasteiger partial charge in [-0.2, -0.15) is 13.2 Å². The van der Waals surface area contributed by atoms with Crippen molar-refractivity contribution in [2.75, 3.05) is 10.6 Å². The van der Waals surface area contributed by atoms with Gasteiger partial charge in [0.2, 0.25) is 0 Å². The Kier molecular flexibility index (Phi) is 5.33. The van der Waals surface area contributed by atoms with E-state index < -0.39 is 22.7 Å². The van der Waals surface area contributed by atoms with E-state index in [9.17, 15) is 18.0 Å². The highest BCUT2D eigenvalue weighted by molar-refractivity contribution is 6.31. The van der Waals surface area contributed by atoms with Crippen LogP contribution in [0.25, 0.3) is 0 Å². The first-order chi connectivity index (χ1) is 16.8. The standard InChI is InChI=1S/C28H24ClF3N2O/c29-22-10-9-19(14-21(22)28(30,31)32)33-27(35)18-8-11-23-20(13-18)24-16-6-7-17(12-16)25(24)26(34-23)15-4-2-1-3-5-15/h1-5,8-11,13-14,16-17,24-26,34H,6-7,12H2,(H,33,35)/t16-,17-,24-,25+,26-/m0/s1. The third-order valence-corrected chi connectivity index (χ3v) is 8.37. The molecule has 3 aliphatic rings. The Hall–Kier alpha value is -2.99. The minimum absolute atomic E-state index is 0.0597. The van der Waals surface area contributed by atoms with Crippen LogP contribution in [0.1, 0.15) is 58.3 Å². The molecule has 5 atom stereocenters. The number of fused-ring (bicyclic) bond motifs is 7. The van der Waals surface area contributed by atoms with Gasteiger partial charge >= 0.3 is 6.18 Å². The summed E-state index contributed by atoms with van der Waals surface area (Å²) in [5, 5.41) is 5.96. The molecule has 0 spiro atoms. The maximum Gasteiger partial charge on any atom is 0.417 e. The molecule has 2 aliphatic carbocycles. The van der Waals surface area contributed by atoms with E-state index >= 15 is 0 Å². The Balaban J connectivity index is 1.31. The van der Waals surface area contributed by atoms with Gasteiger partial charge in [0.05, 0.1) is 16.6 Å². The lowest BCUT2D eigenvalue weighted by Crippen LogP contribution is -2.35. The minimum Gasteiger partial charge on any atom is -0.378 e. The van der Waals surface area contributed by atoms with Crippen molar-refractivity contribution in [1.29, 1.82) is 0 Å². The molecule has 1 amide bonds. The van der Waals surface area contributed by atoms with E-state index in [2.05, 4.69) is 34.9 Å². The molecule has 3 aromatic rings. The molecule has 2 fully saturated rings. The van der Waals surface area contributed by atoms with Crippen LogP contribution in [0.15, 0.2) is 66.7 Å². The zero-order valence-corrected chi connectivity index (χ0v) is 19.5. The number of hydrogen-bond acceptors (Lipinski definition) is 2. The van der Waals surface area contributed by atoms with Gasteiger partial charge in [-0.3, -0.25) is 4.79 Å². The molecule has 3 aromatic carbocycles. The normalized spacial score (nSPS) is 26.6. The van der Waals surface area contributed by atoms with Gasteiger partial charge in [-0.1, -0.05) is 41.9 Å². The minimum atomic E-state index is -4.60. The van der Waals surface area contributed by atoms with Crippen LogP contribution >= 0.6 is 11.6 Å². The van der Waals surface area contributed by atoms with Crippen molar-refractivity contribution in [1.82, 2.24) is 0 Å². The summed E-state index contributed by atoms with van der Waals surface area (Å²) in [7, 11) is 0. The summed E-state index contributed by atoms with van der Waals surface area (Å²) in [6.07, 6.45) is -0.943. The number of nitrogens with one attached hydrogen (secondary N) is 2. The van der Waals surface area contributed by atoms with Crippen LogP contribution in [-0.4, -0.2) is 5.91 Å². The average molecular weight is 497 g/mol. The lowest BCUT2D eigenvalue weighted by Gasteiger charge is -2.43. The highest BCUT2D eigenvalue weighted by Crippen LogP contribution is 2.63. The van der Waals surface area contributed by atoms with E-state index in [1.54, 1.807) is 6.07 Å². The number of amides is 1. The predicted octanol–water partition coefficient (Wildman–Crippen LogP) is 7.91. The fraction of sp³-hybridized carbons (Fsp3) is 0.321. The van der Waals surface area contributed by atoms with Crippen LogP contribution in [0, 0.1) is 17.8 Å². The summed E-state index contributed by atoms with van der Waals surface area (Å²) in [6.45, 7) is 0. The van der Waals surface area contributed by atoms with Gasteiger partial charge in [-0.25, -0.2) is 0 Å². The number of hydrogen-bond donors (Lipinski definition) is 2. The quantitative estimate of drug-likeness (QED) is 0.387. The molecule has 2 saturated carbocycles. The zero-order valence-electron chi connectivity index (χ0n) is 18.8. The third kappa shape index (κ3) is 3.88. The fourth-order valence-corrected chi connectivity index (χ4v) is 6.87. The second-order valence-corrected chi connectivity index (χ2v) is 10.3. The SMILES string of the molecule is O=C(Nc1ccc(Cl)c(C(F)(F)F)c1)c1ccc2c(c1)[C@@H]1[C@H]3CC[C@@H](C3)[C@H]1[C@H](c1ccccc1)N2. The average Bonchev–Trinajstić information content (AvgIpc) is 3.47. The number of alkyl halides is 3. The molecule has 2 bridgehead atoms. The summed E-state index contributed by atoms with van der Waals surface area (Å²) in [6, 6.07) is 19.8. The number of anilines is 2. The highest BCUT2D eigenvalue weighted by atomic mass is 35.5. The van der Waals surface area contributed by atoms with Gasteiger partial charge in [-0.15, -0.1) is 0 Å². The van der Waals surface area contributed by atoms with Crippen LogP contribution in [0.2, 0.25) is 5.02 Å². The van der Waals surface area contributed by atoms with E-state index in [-0.39, 0.29) is 11.7 Å². The number of halogens is 4. The first-order valence-electron chi connectivity index (χ1n) is 11.9. The Morgan fingerprint density at radius 3 is 2.51 bits per heavy atom. The van der Waals surface area contributed by atoms with E-state index in [0.29, 0.717) is 29.2 Å². The van der Waals surface area contributed by atoms with Crippen molar-refractivity contribution in [3.05, 3.63) is 94.0 Å². The molecule has 7 heteroatoms. The molecule has 180 valence electrons. The van der Waals surface area contributed by atoms with Crippen LogP contribution < -0.4 is 10.6 Å². The lowest BCUT2D eigenvalue weighted by atomic mass is 9.68. The maximum atomic E-state index is 13.2. The predicted molar refractivity (Wildman–Crippen MR) is 131 cm³/mol. The van der Waals surface area contributed by atoms with Gasteiger partial charge in [0, 0.05) is 16.9 Å². The molecule has 1 aliphatic heterocycles. The summed E-state index contributed by atoms with van der Waals surface area (Å²) in [5.41, 5.74) is 3.00. The molecular formula is C28H24ClF3N2O. The van der Waals surface area contributed by atoms with Gasteiger partial charge in [0.25, 0.3) is 5.91 Å². The molecule has 1 heterocycles. The smallest absolute Gasteiger partial charge is 0.378 e. The molecule has 0 unspecified atom stereocenters. The second kappa shape index (κ2) is 8.30. The Morgan fingerprint density at radius 2 is 1.74 bits per heavy atom. The van der Waals surface area contributed by atoms with Crippen molar-refractivity contribution in [3.63, 3.8) is 0 Å². The fourth-order valence-electron chi connectivity index (χ4n) is 6.64. The number of carbonyl (C=O) groups is 1. The number of rotatable bonds is 3. The van der Waals surface area contributed by atoms with E-state index in [1.165, 1.54) is 30.9 Å². The molecule has 6 rings (SSSR count). The largest absolute Gasteiger partial charge is 0.417 e. The van der Waals surface area contributed by atoms with Crippen LogP contribution in [0.5, 0.6) is 0 Å². The lowest BCUT2D eigenvalue weighted by molar-refractivity contribution is -0.137. The monoisotopic (exact) mass is 496 g/mol. The molecule has 3 nitrogen and oxygen atoms in total. The van der Waals surface area contributed by atoms with Crippen molar-refractivity contribution >= 4 is 28.9 Å². The molecule has 0 aromatic heterocycles. The topological polar surface area (TPSA) is 41.1 Å². The first kappa shape index (κ1) is 22.5. The number of benzene rings is 3. The third-order valence-electron chi connectivity index (χ3n) is 8.04. The summed E-state index contributed by atoms with van der Waals surface area (Å²) >= 11 is 5.71. The van der Waals surface area contributed by atoms with Gasteiger partial charge in [0.15, 0.2) is 0 Å². The van der Waals surface area contributed by atoms with E-state index in [1.807, 2.05) is 18.2 Å².